The first-order valence-electron chi connectivity index (χ1n) is 8.82. The third-order valence-corrected chi connectivity index (χ3v) is 6.41. The van der Waals surface area contributed by atoms with Crippen LogP contribution in [0.2, 0.25) is 5.02 Å². The van der Waals surface area contributed by atoms with Crippen LogP contribution in [0.1, 0.15) is 11.6 Å². The SMILES string of the molecule is O=S(=O)(c1ccc(NCC(c2ccccc2Cl)N2CCOCC2)cc1)C(F)F. The van der Waals surface area contributed by atoms with E-state index in [-0.39, 0.29) is 6.04 Å². The molecule has 9 heteroatoms. The lowest BCUT2D eigenvalue weighted by Gasteiger charge is -2.35. The Morgan fingerprint density at radius 3 is 2.32 bits per heavy atom. The quantitative estimate of drug-likeness (QED) is 0.723. The highest BCUT2D eigenvalue weighted by Gasteiger charge is 2.27. The molecule has 0 spiro atoms. The molecule has 0 aliphatic carbocycles. The minimum Gasteiger partial charge on any atom is -0.383 e. The molecule has 152 valence electrons. The fourth-order valence-corrected chi connectivity index (χ4v) is 4.13. The van der Waals surface area contributed by atoms with E-state index in [2.05, 4.69) is 10.2 Å². The molecule has 1 fully saturated rings. The number of benzene rings is 2. The highest BCUT2D eigenvalue weighted by molar-refractivity contribution is 7.91. The van der Waals surface area contributed by atoms with Gasteiger partial charge in [0, 0.05) is 30.3 Å². The maximum Gasteiger partial charge on any atom is 0.341 e. The minimum atomic E-state index is -4.59. The molecule has 1 atom stereocenters. The zero-order valence-corrected chi connectivity index (χ0v) is 16.6. The monoisotopic (exact) mass is 430 g/mol. The van der Waals surface area contributed by atoms with Crippen LogP contribution in [0.5, 0.6) is 0 Å². The Morgan fingerprint density at radius 1 is 1.07 bits per heavy atom. The van der Waals surface area contributed by atoms with Gasteiger partial charge in [-0.3, -0.25) is 4.90 Å². The lowest BCUT2D eigenvalue weighted by Crippen LogP contribution is -2.41. The Kier molecular flexibility index (Phi) is 6.87. The Hall–Kier alpha value is -1.74. The van der Waals surface area contributed by atoms with Crippen molar-refractivity contribution in [3.63, 3.8) is 0 Å². The normalized spacial score (nSPS) is 16.9. The summed E-state index contributed by atoms with van der Waals surface area (Å²) in [5.74, 6) is -3.43. The average Bonchev–Trinajstić information content (AvgIpc) is 2.70. The van der Waals surface area contributed by atoms with Crippen molar-refractivity contribution in [1.29, 1.82) is 0 Å². The van der Waals surface area contributed by atoms with Gasteiger partial charge in [-0.05, 0) is 35.9 Å². The van der Waals surface area contributed by atoms with E-state index in [9.17, 15) is 17.2 Å². The zero-order chi connectivity index (χ0) is 20.1. The van der Waals surface area contributed by atoms with Crippen molar-refractivity contribution in [2.24, 2.45) is 0 Å². The van der Waals surface area contributed by atoms with Crippen LogP contribution in [0.4, 0.5) is 14.5 Å². The van der Waals surface area contributed by atoms with Crippen LogP contribution < -0.4 is 5.32 Å². The highest BCUT2D eigenvalue weighted by atomic mass is 35.5. The molecule has 5 nitrogen and oxygen atoms in total. The summed E-state index contributed by atoms with van der Waals surface area (Å²) in [7, 11) is -4.59. The van der Waals surface area contributed by atoms with Gasteiger partial charge in [0.15, 0.2) is 0 Å². The Balaban J connectivity index is 1.76. The standard InChI is InChI=1S/C19H21ClF2N2O3S/c20-17-4-2-1-3-16(17)18(24-9-11-27-12-10-24)13-23-14-5-7-15(8-6-14)28(25,26)19(21)22/h1-8,18-19,23H,9-13H2. The molecular formula is C19H21ClF2N2O3S. The maximum atomic E-state index is 12.7. The van der Waals surface area contributed by atoms with Gasteiger partial charge in [0.25, 0.3) is 0 Å². The predicted molar refractivity (Wildman–Crippen MR) is 105 cm³/mol. The van der Waals surface area contributed by atoms with Crippen molar-refractivity contribution < 1.29 is 21.9 Å². The molecule has 2 aromatic rings. The number of hydrogen-bond donors (Lipinski definition) is 1. The van der Waals surface area contributed by atoms with Gasteiger partial charge in [0.2, 0.25) is 9.84 Å². The summed E-state index contributed by atoms with van der Waals surface area (Å²) < 4.78 is 53.8. The topological polar surface area (TPSA) is 58.6 Å². The molecule has 1 heterocycles. The molecule has 1 N–H and O–H groups in total. The summed E-state index contributed by atoms with van der Waals surface area (Å²) in [5.41, 5.74) is 1.62. The predicted octanol–water partition coefficient (Wildman–Crippen LogP) is 3.82. The van der Waals surface area contributed by atoms with E-state index >= 15 is 0 Å². The van der Waals surface area contributed by atoms with Gasteiger partial charge in [0.05, 0.1) is 24.2 Å². The largest absolute Gasteiger partial charge is 0.383 e. The molecule has 2 aromatic carbocycles. The van der Waals surface area contributed by atoms with Crippen LogP contribution in [0.3, 0.4) is 0 Å². The van der Waals surface area contributed by atoms with Crippen LogP contribution in [0, 0.1) is 0 Å². The number of nitrogens with zero attached hydrogens (tertiary/aromatic N) is 1. The van der Waals surface area contributed by atoms with Gasteiger partial charge in [0.1, 0.15) is 0 Å². The molecule has 1 aliphatic heterocycles. The van der Waals surface area contributed by atoms with Crippen molar-refractivity contribution in [2.75, 3.05) is 38.2 Å². The molecule has 0 amide bonds. The van der Waals surface area contributed by atoms with Gasteiger partial charge in [-0.2, -0.15) is 8.78 Å². The first kappa shape index (κ1) is 21.0. The second-order valence-electron chi connectivity index (χ2n) is 6.40. The first-order chi connectivity index (χ1) is 13.4. The second-order valence-corrected chi connectivity index (χ2v) is 8.72. The lowest BCUT2D eigenvalue weighted by atomic mass is 10.0. The number of morpholine rings is 1. The molecular weight excluding hydrogens is 410 g/mol. The first-order valence-corrected chi connectivity index (χ1v) is 10.7. The number of alkyl halides is 2. The Morgan fingerprint density at radius 2 is 1.71 bits per heavy atom. The fourth-order valence-electron chi connectivity index (χ4n) is 3.15. The zero-order valence-electron chi connectivity index (χ0n) is 15.0. The maximum absolute atomic E-state index is 12.7. The van der Waals surface area contributed by atoms with E-state index in [1.54, 1.807) is 0 Å². The fraction of sp³-hybridized carbons (Fsp3) is 0.368. The number of sulfone groups is 1. The molecule has 0 bridgehead atoms. The van der Waals surface area contributed by atoms with Crippen LogP contribution in [0.15, 0.2) is 53.4 Å². The van der Waals surface area contributed by atoms with E-state index in [0.29, 0.717) is 30.5 Å². The molecule has 1 saturated heterocycles. The summed E-state index contributed by atoms with van der Waals surface area (Å²) in [5, 5.41) is 3.92. The van der Waals surface area contributed by atoms with Crippen molar-refractivity contribution in [3.8, 4) is 0 Å². The number of anilines is 1. The van der Waals surface area contributed by atoms with Crippen molar-refractivity contribution in [2.45, 2.75) is 16.7 Å². The van der Waals surface area contributed by atoms with Gasteiger partial charge < -0.3 is 10.1 Å². The molecule has 28 heavy (non-hydrogen) atoms. The smallest absolute Gasteiger partial charge is 0.341 e. The van der Waals surface area contributed by atoms with Gasteiger partial charge in [-0.1, -0.05) is 29.8 Å². The third-order valence-electron chi connectivity index (χ3n) is 4.67. The van der Waals surface area contributed by atoms with Crippen LogP contribution in [0.25, 0.3) is 0 Å². The van der Waals surface area contributed by atoms with E-state index in [1.807, 2.05) is 24.3 Å². The van der Waals surface area contributed by atoms with Gasteiger partial charge >= 0.3 is 5.76 Å². The Bertz CT molecular complexity index is 888. The molecule has 0 saturated carbocycles. The molecule has 0 radical (unpaired) electrons. The molecule has 3 rings (SSSR count). The van der Waals surface area contributed by atoms with Crippen LogP contribution in [-0.4, -0.2) is 51.9 Å². The van der Waals surface area contributed by atoms with E-state index in [0.717, 1.165) is 18.7 Å². The van der Waals surface area contributed by atoms with Crippen molar-refractivity contribution in [1.82, 2.24) is 4.90 Å². The lowest BCUT2D eigenvalue weighted by molar-refractivity contribution is 0.0187. The van der Waals surface area contributed by atoms with Crippen LogP contribution in [-0.2, 0) is 14.6 Å². The van der Waals surface area contributed by atoms with Gasteiger partial charge in [-0.25, -0.2) is 8.42 Å². The highest BCUT2D eigenvalue weighted by Crippen LogP contribution is 2.29. The molecule has 1 unspecified atom stereocenters. The van der Waals surface area contributed by atoms with Gasteiger partial charge in [-0.15, -0.1) is 0 Å². The number of rotatable bonds is 7. The number of nitrogens with one attached hydrogen (secondary N) is 1. The molecule has 1 aliphatic rings. The van der Waals surface area contributed by atoms with E-state index in [1.165, 1.54) is 24.3 Å². The van der Waals surface area contributed by atoms with Crippen molar-refractivity contribution >= 4 is 27.1 Å². The Labute approximate surface area is 168 Å². The summed E-state index contributed by atoms with van der Waals surface area (Å²) in [6, 6.07) is 12.9. The second kappa shape index (κ2) is 9.17. The number of ether oxygens (including phenoxy) is 1. The van der Waals surface area contributed by atoms with E-state index < -0.39 is 20.5 Å². The summed E-state index contributed by atoms with van der Waals surface area (Å²) in [6.45, 7) is 3.33. The van der Waals surface area contributed by atoms with E-state index in [4.69, 9.17) is 16.3 Å². The summed E-state index contributed by atoms with van der Waals surface area (Å²) in [6.07, 6.45) is 0. The number of hydrogen-bond acceptors (Lipinski definition) is 5. The minimum absolute atomic E-state index is 0.0120. The van der Waals surface area contributed by atoms with Crippen molar-refractivity contribution in [3.05, 3.63) is 59.1 Å². The average molecular weight is 431 g/mol. The third kappa shape index (κ3) is 4.81. The molecule has 0 aromatic heterocycles. The summed E-state index contributed by atoms with van der Waals surface area (Å²) >= 11 is 6.40. The number of halogens is 3. The van der Waals surface area contributed by atoms with Crippen LogP contribution >= 0.6 is 11.6 Å². The summed E-state index contributed by atoms with van der Waals surface area (Å²) in [4.78, 5) is 1.87.